The van der Waals surface area contributed by atoms with E-state index >= 15 is 0 Å². The van der Waals surface area contributed by atoms with E-state index in [1.807, 2.05) is 13.8 Å². The summed E-state index contributed by atoms with van der Waals surface area (Å²) in [6.07, 6.45) is 0. The molecule has 3 rings (SSSR count). The lowest BCUT2D eigenvalue weighted by atomic mass is 10.1. The average Bonchev–Trinajstić information content (AvgIpc) is 3.10. The summed E-state index contributed by atoms with van der Waals surface area (Å²) in [6.45, 7) is 12.3. The van der Waals surface area contributed by atoms with Crippen molar-refractivity contribution in [2.24, 2.45) is 4.99 Å². The van der Waals surface area contributed by atoms with Crippen LogP contribution in [0.1, 0.15) is 40.8 Å². The fraction of sp³-hybridized carbons (Fsp3) is 0.400. The van der Waals surface area contributed by atoms with Crippen LogP contribution >= 0.6 is 0 Å². The van der Waals surface area contributed by atoms with Crippen LogP contribution in [-0.2, 0) is 13.1 Å². The van der Waals surface area contributed by atoms with Crippen molar-refractivity contribution >= 4 is 16.9 Å². The van der Waals surface area contributed by atoms with Gasteiger partial charge in [0.25, 0.3) is 0 Å². The minimum absolute atomic E-state index is 0.622. The van der Waals surface area contributed by atoms with Crippen molar-refractivity contribution in [2.45, 2.75) is 47.7 Å². The van der Waals surface area contributed by atoms with Gasteiger partial charge in [0.05, 0.1) is 12.2 Å². The van der Waals surface area contributed by atoms with Crippen LogP contribution in [0.25, 0.3) is 10.9 Å². The van der Waals surface area contributed by atoms with Crippen LogP contribution in [0.5, 0.6) is 0 Å². The Hall–Kier alpha value is -2.76. The second-order valence-corrected chi connectivity index (χ2v) is 6.61. The van der Waals surface area contributed by atoms with Crippen LogP contribution in [0.4, 0.5) is 0 Å². The summed E-state index contributed by atoms with van der Waals surface area (Å²) in [5.41, 5.74) is 6.87. The van der Waals surface area contributed by atoms with Gasteiger partial charge in [-0.05, 0) is 57.9 Å². The highest BCUT2D eigenvalue weighted by molar-refractivity contribution is 5.85. The number of nitrogens with one attached hydrogen (secondary N) is 3. The molecule has 3 N–H and O–H groups in total. The van der Waals surface area contributed by atoms with Crippen molar-refractivity contribution in [2.75, 3.05) is 6.54 Å². The Balaban J connectivity index is 1.73. The van der Waals surface area contributed by atoms with Crippen molar-refractivity contribution in [3.05, 3.63) is 52.0 Å². The predicted molar refractivity (Wildman–Crippen MR) is 105 cm³/mol. The maximum atomic E-state index is 5.22. The fourth-order valence-electron chi connectivity index (χ4n) is 3.05. The molecule has 6 heteroatoms. The third-order valence-corrected chi connectivity index (χ3v) is 4.75. The molecule has 2 heterocycles. The first-order valence-corrected chi connectivity index (χ1v) is 9.01. The SMILES string of the molecule is CCNC(=NCc1ccc2[nH]c(C)c(C)c2c1)NCc1c(C)noc1C. The summed E-state index contributed by atoms with van der Waals surface area (Å²) in [6, 6.07) is 6.47. The number of aliphatic imine (C=N–C) groups is 1. The minimum Gasteiger partial charge on any atom is -0.361 e. The fourth-order valence-corrected chi connectivity index (χ4v) is 3.05. The van der Waals surface area contributed by atoms with Gasteiger partial charge >= 0.3 is 0 Å². The Morgan fingerprint density at radius 3 is 2.69 bits per heavy atom. The third kappa shape index (κ3) is 3.74. The maximum absolute atomic E-state index is 5.22. The number of guanidine groups is 1. The van der Waals surface area contributed by atoms with Crippen molar-refractivity contribution in [1.82, 2.24) is 20.8 Å². The number of hydrogen-bond acceptors (Lipinski definition) is 3. The first-order valence-electron chi connectivity index (χ1n) is 9.01. The molecule has 6 nitrogen and oxygen atoms in total. The summed E-state index contributed by atoms with van der Waals surface area (Å²) in [7, 11) is 0. The third-order valence-electron chi connectivity index (χ3n) is 4.75. The Kier molecular flexibility index (Phi) is 5.30. The van der Waals surface area contributed by atoms with E-state index in [9.17, 15) is 0 Å². The van der Waals surface area contributed by atoms with Crippen LogP contribution in [0, 0.1) is 27.7 Å². The molecular weight excluding hydrogens is 326 g/mol. The van der Waals surface area contributed by atoms with Gasteiger partial charge in [0.2, 0.25) is 0 Å². The number of fused-ring (bicyclic) bond motifs is 1. The van der Waals surface area contributed by atoms with E-state index in [-0.39, 0.29) is 0 Å². The van der Waals surface area contributed by atoms with Gasteiger partial charge in [-0.15, -0.1) is 0 Å². The van der Waals surface area contributed by atoms with Gasteiger partial charge in [0.1, 0.15) is 5.76 Å². The number of nitrogens with zero attached hydrogens (tertiary/aromatic N) is 2. The highest BCUT2D eigenvalue weighted by Gasteiger charge is 2.09. The Bertz CT molecular complexity index is 916. The van der Waals surface area contributed by atoms with Crippen molar-refractivity contribution in [3.63, 3.8) is 0 Å². The van der Waals surface area contributed by atoms with E-state index in [0.717, 1.165) is 29.5 Å². The van der Waals surface area contributed by atoms with E-state index in [0.29, 0.717) is 13.1 Å². The smallest absolute Gasteiger partial charge is 0.191 e. The summed E-state index contributed by atoms with van der Waals surface area (Å²) >= 11 is 0. The quantitative estimate of drug-likeness (QED) is 0.483. The number of H-pyrrole nitrogens is 1. The van der Waals surface area contributed by atoms with Gasteiger partial charge in [-0.2, -0.15) is 0 Å². The highest BCUT2D eigenvalue weighted by Crippen LogP contribution is 2.22. The second kappa shape index (κ2) is 7.64. The Morgan fingerprint density at radius 1 is 1.19 bits per heavy atom. The number of rotatable bonds is 5. The number of aryl methyl sites for hydroxylation is 4. The Labute approximate surface area is 154 Å². The van der Waals surface area contributed by atoms with Crippen molar-refractivity contribution in [3.8, 4) is 0 Å². The number of aromatic amines is 1. The van der Waals surface area contributed by atoms with Gasteiger partial charge in [0, 0.05) is 35.2 Å². The van der Waals surface area contributed by atoms with E-state index in [4.69, 9.17) is 9.52 Å². The molecule has 0 aliphatic rings. The molecule has 138 valence electrons. The van der Waals surface area contributed by atoms with Gasteiger partial charge < -0.3 is 20.1 Å². The molecule has 0 aliphatic heterocycles. The zero-order valence-corrected chi connectivity index (χ0v) is 16.2. The molecular formula is C20H27N5O. The summed E-state index contributed by atoms with van der Waals surface area (Å²) in [5, 5.41) is 11.9. The molecule has 0 radical (unpaired) electrons. The maximum Gasteiger partial charge on any atom is 0.191 e. The van der Waals surface area contributed by atoms with Crippen molar-refractivity contribution in [1.29, 1.82) is 0 Å². The van der Waals surface area contributed by atoms with Crippen LogP contribution in [0.2, 0.25) is 0 Å². The van der Waals surface area contributed by atoms with E-state index in [2.05, 4.69) is 59.7 Å². The van der Waals surface area contributed by atoms with E-state index in [1.54, 1.807) is 0 Å². The zero-order chi connectivity index (χ0) is 18.7. The highest BCUT2D eigenvalue weighted by atomic mass is 16.5. The standard InChI is InChI=1S/C20H27N5O/c1-6-21-20(23-11-18-14(4)25-26-15(18)5)22-10-16-7-8-19-17(9-16)12(2)13(3)24-19/h7-9,24H,6,10-11H2,1-5H3,(H2,21,22,23). The number of hydrogen-bond donors (Lipinski definition) is 3. The largest absolute Gasteiger partial charge is 0.361 e. The van der Waals surface area contributed by atoms with Crippen LogP contribution in [0.15, 0.2) is 27.7 Å². The van der Waals surface area contributed by atoms with Gasteiger partial charge in [-0.3, -0.25) is 0 Å². The van der Waals surface area contributed by atoms with Gasteiger partial charge in [0.15, 0.2) is 5.96 Å². The molecule has 0 saturated carbocycles. The van der Waals surface area contributed by atoms with E-state index < -0.39 is 0 Å². The lowest BCUT2D eigenvalue weighted by Crippen LogP contribution is -2.37. The van der Waals surface area contributed by atoms with Crippen LogP contribution in [0.3, 0.4) is 0 Å². The predicted octanol–water partition coefficient (Wildman–Crippen LogP) is 3.64. The first-order chi connectivity index (χ1) is 12.5. The molecule has 1 aromatic carbocycles. The molecule has 0 amide bonds. The van der Waals surface area contributed by atoms with Crippen LogP contribution < -0.4 is 10.6 Å². The van der Waals surface area contributed by atoms with E-state index in [1.165, 1.54) is 27.7 Å². The lowest BCUT2D eigenvalue weighted by Gasteiger charge is -2.11. The molecule has 0 unspecified atom stereocenters. The minimum atomic E-state index is 0.622. The molecule has 0 saturated heterocycles. The normalized spacial score (nSPS) is 12.0. The second-order valence-electron chi connectivity index (χ2n) is 6.61. The monoisotopic (exact) mass is 353 g/mol. The Morgan fingerprint density at radius 2 is 2.00 bits per heavy atom. The topological polar surface area (TPSA) is 78.2 Å². The molecule has 3 aromatic rings. The molecule has 0 bridgehead atoms. The molecule has 0 fully saturated rings. The van der Waals surface area contributed by atoms with Crippen molar-refractivity contribution < 1.29 is 4.52 Å². The molecule has 0 atom stereocenters. The zero-order valence-electron chi connectivity index (χ0n) is 16.2. The average molecular weight is 353 g/mol. The summed E-state index contributed by atoms with van der Waals surface area (Å²) in [5.74, 6) is 1.63. The van der Waals surface area contributed by atoms with Gasteiger partial charge in [-0.25, -0.2) is 4.99 Å². The molecule has 2 aromatic heterocycles. The molecule has 0 spiro atoms. The van der Waals surface area contributed by atoms with Crippen LogP contribution in [-0.4, -0.2) is 22.6 Å². The number of aromatic nitrogens is 2. The first kappa shape index (κ1) is 18.0. The molecule has 26 heavy (non-hydrogen) atoms. The van der Waals surface area contributed by atoms with Gasteiger partial charge in [-0.1, -0.05) is 11.2 Å². The lowest BCUT2D eigenvalue weighted by molar-refractivity contribution is 0.392. The summed E-state index contributed by atoms with van der Waals surface area (Å²) < 4.78 is 5.22. The molecule has 0 aliphatic carbocycles. The summed E-state index contributed by atoms with van der Waals surface area (Å²) in [4.78, 5) is 8.13. The number of benzene rings is 1.